The third kappa shape index (κ3) is 4.81. The van der Waals surface area contributed by atoms with Gasteiger partial charge in [0.15, 0.2) is 0 Å². The molecule has 130 valence electrons. The van der Waals surface area contributed by atoms with Crippen LogP contribution in [0.15, 0.2) is 24.3 Å². The molecule has 0 spiro atoms. The lowest BCUT2D eigenvalue weighted by Crippen LogP contribution is -2.41. The van der Waals surface area contributed by atoms with E-state index in [0.29, 0.717) is 19.3 Å². The van der Waals surface area contributed by atoms with Gasteiger partial charge in [0.25, 0.3) is 0 Å². The van der Waals surface area contributed by atoms with E-state index in [-0.39, 0.29) is 24.2 Å². The predicted molar refractivity (Wildman–Crippen MR) is 90.6 cm³/mol. The van der Waals surface area contributed by atoms with Gasteiger partial charge >= 0.3 is 5.97 Å². The van der Waals surface area contributed by atoms with E-state index >= 15 is 0 Å². The summed E-state index contributed by atoms with van der Waals surface area (Å²) < 4.78 is 0. The van der Waals surface area contributed by atoms with Crippen LogP contribution in [0.3, 0.4) is 0 Å². The van der Waals surface area contributed by atoms with Gasteiger partial charge in [0.2, 0.25) is 11.8 Å². The van der Waals surface area contributed by atoms with Gasteiger partial charge in [0.1, 0.15) is 6.04 Å². The molecule has 0 bridgehead atoms. The highest BCUT2D eigenvalue weighted by Crippen LogP contribution is 2.27. The van der Waals surface area contributed by atoms with Gasteiger partial charge < -0.3 is 15.7 Å². The molecule has 1 heterocycles. The summed E-state index contributed by atoms with van der Waals surface area (Å²) in [7, 11) is 0. The monoisotopic (exact) mass is 332 g/mol. The van der Waals surface area contributed by atoms with Crippen LogP contribution < -0.4 is 10.6 Å². The number of unbranched alkanes of at least 4 members (excludes halogenated alkanes) is 1. The van der Waals surface area contributed by atoms with E-state index < -0.39 is 12.0 Å². The van der Waals surface area contributed by atoms with Gasteiger partial charge in [0.05, 0.1) is 0 Å². The Morgan fingerprint density at radius 3 is 2.83 bits per heavy atom. The van der Waals surface area contributed by atoms with Gasteiger partial charge in [-0.15, -0.1) is 0 Å². The van der Waals surface area contributed by atoms with E-state index in [2.05, 4.69) is 10.6 Å². The fourth-order valence-electron chi connectivity index (χ4n) is 2.88. The summed E-state index contributed by atoms with van der Waals surface area (Å²) in [4.78, 5) is 35.3. The van der Waals surface area contributed by atoms with Crippen molar-refractivity contribution >= 4 is 23.5 Å². The van der Waals surface area contributed by atoms with Crippen LogP contribution in [-0.4, -0.2) is 28.9 Å². The Labute approximate surface area is 141 Å². The van der Waals surface area contributed by atoms with Crippen LogP contribution in [0.2, 0.25) is 0 Å². The second-order valence-electron chi connectivity index (χ2n) is 6.19. The Hall–Kier alpha value is -2.37. The number of benzene rings is 1. The fraction of sp³-hybridized carbons (Fsp3) is 0.500. The van der Waals surface area contributed by atoms with Crippen LogP contribution in [0.1, 0.15) is 44.6 Å². The molecule has 1 aliphatic heterocycles. The summed E-state index contributed by atoms with van der Waals surface area (Å²) in [5.41, 5.74) is 1.89. The first kappa shape index (κ1) is 18.0. The Morgan fingerprint density at radius 1 is 1.38 bits per heavy atom. The molecule has 0 saturated carbocycles. The normalized spacial score (nSPS) is 17.5. The lowest BCUT2D eigenvalue weighted by molar-refractivity contribution is -0.142. The first-order chi connectivity index (χ1) is 11.5. The second-order valence-corrected chi connectivity index (χ2v) is 6.19. The lowest BCUT2D eigenvalue weighted by Gasteiger charge is -2.24. The van der Waals surface area contributed by atoms with Crippen molar-refractivity contribution in [2.24, 2.45) is 5.92 Å². The summed E-state index contributed by atoms with van der Waals surface area (Å²) >= 11 is 0. The number of carboxylic acid groups (broad SMARTS) is 1. The summed E-state index contributed by atoms with van der Waals surface area (Å²) in [5.74, 6) is -1.67. The number of hydrogen-bond donors (Lipinski definition) is 3. The zero-order valence-corrected chi connectivity index (χ0v) is 13.9. The van der Waals surface area contributed by atoms with Gasteiger partial charge in [-0.05, 0) is 30.9 Å². The average molecular weight is 332 g/mol. The first-order valence-electron chi connectivity index (χ1n) is 8.42. The van der Waals surface area contributed by atoms with Gasteiger partial charge in [-0.1, -0.05) is 38.0 Å². The van der Waals surface area contributed by atoms with Crippen molar-refractivity contribution in [2.75, 3.05) is 5.32 Å². The number of anilines is 1. The number of carbonyl (C=O) groups excluding carboxylic acids is 2. The zero-order chi connectivity index (χ0) is 17.5. The highest BCUT2D eigenvalue weighted by molar-refractivity contribution is 5.96. The molecule has 0 saturated heterocycles. The van der Waals surface area contributed by atoms with E-state index in [1.807, 2.05) is 31.2 Å². The number of aliphatic carboxylic acids is 1. The molecule has 2 amide bonds. The second kappa shape index (κ2) is 8.47. The van der Waals surface area contributed by atoms with E-state index in [4.69, 9.17) is 5.11 Å². The third-order valence-electron chi connectivity index (χ3n) is 4.31. The fourth-order valence-corrected chi connectivity index (χ4v) is 2.88. The summed E-state index contributed by atoms with van der Waals surface area (Å²) in [6.45, 7) is 1.97. The van der Waals surface area contributed by atoms with Crippen molar-refractivity contribution in [3.8, 4) is 0 Å². The van der Waals surface area contributed by atoms with E-state index in [1.165, 1.54) is 0 Å². The maximum atomic E-state index is 12.1. The van der Waals surface area contributed by atoms with Crippen LogP contribution in [-0.2, 0) is 20.8 Å². The molecule has 0 fully saturated rings. The molecule has 1 aromatic carbocycles. The number of para-hydroxylation sites is 1. The lowest BCUT2D eigenvalue weighted by atomic mass is 9.89. The molecule has 1 aromatic rings. The van der Waals surface area contributed by atoms with Crippen LogP contribution in [0.25, 0.3) is 0 Å². The van der Waals surface area contributed by atoms with Gasteiger partial charge in [0, 0.05) is 18.0 Å². The summed E-state index contributed by atoms with van der Waals surface area (Å²) in [6, 6.07) is 6.77. The quantitative estimate of drug-likeness (QED) is 0.681. The molecule has 2 unspecified atom stereocenters. The Kier molecular flexibility index (Phi) is 6.35. The van der Waals surface area contributed by atoms with E-state index in [9.17, 15) is 14.4 Å². The van der Waals surface area contributed by atoms with E-state index in [0.717, 1.165) is 24.1 Å². The molecule has 6 heteroatoms. The van der Waals surface area contributed by atoms with Crippen molar-refractivity contribution < 1.29 is 19.5 Å². The third-order valence-corrected chi connectivity index (χ3v) is 4.31. The summed E-state index contributed by atoms with van der Waals surface area (Å²) in [5, 5.41) is 14.5. The minimum atomic E-state index is -1.01. The van der Waals surface area contributed by atoms with Crippen LogP contribution in [0, 0.1) is 5.92 Å². The molecule has 2 atom stereocenters. The minimum Gasteiger partial charge on any atom is -0.480 e. The number of hydrogen-bond acceptors (Lipinski definition) is 3. The molecule has 0 radical (unpaired) electrons. The standard InChI is InChI=1S/C18H24N2O4/c1-2-3-7-15(18(23)24)19-16(21)10-9-13-11-12-6-4-5-8-14(12)20-17(13)22/h4-6,8,13,15H,2-3,7,9-11H2,1H3,(H,19,21)(H,20,22)(H,23,24). The minimum absolute atomic E-state index is 0.0812. The number of amides is 2. The SMILES string of the molecule is CCCCC(NC(=O)CCC1Cc2ccccc2NC1=O)C(=O)O. The maximum Gasteiger partial charge on any atom is 0.326 e. The number of fused-ring (bicyclic) bond motifs is 1. The van der Waals surface area contributed by atoms with Crippen molar-refractivity contribution in [2.45, 2.75) is 51.5 Å². The molecule has 0 aliphatic carbocycles. The molecule has 6 nitrogen and oxygen atoms in total. The van der Waals surface area contributed by atoms with E-state index in [1.54, 1.807) is 0 Å². The van der Waals surface area contributed by atoms with Gasteiger partial charge in [-0.2, -0.15) is 0 Å². The highest BCUT2D eigenvalue weighted by atomic mass is 16.4. The van der Waals surface area contributed by atoms with Crippen molar-refractivity contribution in [1.82, 2.24) is 5.32 Å². The number of carboxylic acids is 1. The Balaban J connectivity index is 1.85. The number of nitrogens with one attached hydrogen (secondary N) is 2. The maximum absolute atomic E-state index is 12.1. The first-order valence-corrected chi connectivity index (χ1v) is 8.42. The van der Waals surface area contributed by atoms with Gasteiger partial charge in [-0.25, -0.2) is 4.79 Å². The topological polar surface area (TPSA) is 95.5 Å². The highest BCUT2D eigenvalue weighted by Gasteiger charge is 2.27. The number of carbonyl (C=O) groups is 3. The smallest absolute Gasteiger partial charge is 0.326 e. The molecule has 24 heavy (non-hydrogen) atoms. The number of rotatable bonds is 8. The molecule has 3 N–H and O–H groups in total. The molecular weight excluding hydrogens is 308 g/mol. The molecule has 0 aromatic heterocycles. The molecular formula is C18H24N2O4. The van der Waals surface area contributed by atoms with Gasteiger partial charge in [-0.3, -0.25) is 9.59 Å². The largest absolute Gasteiger partial charge is 0.480 e. The van der Waals surface area contributed by atoms with Crippen molar-refractivity contribution in [1.29, 1.82) is 0 Å². The molecule has 1 aliphatic rings. The van der Waals surface area contributed by atoms with Crippen molar-refractivity contribution in [3.63, 3.8) is 0 Å². The van der Waals surface area contributed by atoms with Crippen LogP contribution >= 0.6 is 0 Å². The average Bonchev–Trinajstić information content (AvgIpc) is 2.56. The Morgan fingerprint density at radius 2 is 2.12 bits per heavy atom. The van der Waals surface area contributed by atoms with Crippen molar-refractivity contribution in [3.05, 3.63) is 29.8 Å². The zero-order valence-electron chi connectivity index (χ0n) is 13.9. The molecule has 2 rings (SSSR count). The van der Waals surface area contributed by atoms with Crippen LogP contribution in [0.4, 0.5) is 5.69 Å². The predicted octanol–water partition coefficient (Wildman–Crippen LogP) is 2.34. The Bertz CT molecular complexity index is 615. The van der Waals surface area contributed by atoms with Crippen LogP contribution in [0.5, 0.6) is 0 Å². The summed E-state index contributed by atoms with van der Waals surface area (Å²) in [6.07, 6.45) is 3.21.